The number of hydrogen-bond acceptors (Lipinski definition) is 5. The molecule has 0 saturated carbocycles. The normalized spacial score (nSPS) is 19.9. The Labute approximate surface area is 170 Å². The first-order valence-electron chi connectivity index (χ1n) is 9.73. The molecule has 7 nitrogen and oxygen atoms in total. The van der Waals surface area contributed by atoms with Crippen molar-refractivity contribution in [3.05, 3.63) is 53.4 Å². The van der Waals surface area contributed by atoms with E-state index in [-0.39, 0.29) is 0 Å². The Morgan fingerprint density at radius 1 is 1.28 bits per heavy atom. The standard InChI is InChI=1S/C22H30N4O3/c1-14-7-6-8-22(24-14,19(23)27)17-11-15-13-26(10-9-20(2,3)28)25-18(15)12-16(17)21(4,5)29/h6-8,11-13,24,28-29H,9-10H2,1-5H3,(H2,23,27). The Morgan fingerprint density at radius 2 is 1.97 bits per heavy atom. The van der Waals surface area contributed by atoms with Crippen molar-refractivity contribution in [3.63, 3.8) is 0 Å². The van der Waals surface area contributed by atoms with E-state index >= 15 is 0 Å². The molecule has 1 aromatic carbocycles. The quantitative estimate of drug-likeness (QED) is 0.596. The molecule has 1 aliphatic heterocycles. The maximum atomic E-state index is 12.6. The number of fused-ring (bicyclic) bond motifs is 1. The minimum atomic E-state index is -1.27. The molecule has 1 amide bonds. The largest absolute Gasteiger partial charge is 0.390 e. The van der Waals surface area contributed by atoms with Crippen LogP contribution in [0.4, 0.5) is 0 Å². The second-order valence-corrected chi connectivity index (χ2v) is 8.98. The zero-order chi connectivity index (χ0) is 21.6. The van der Waals surface area contributed by atoms with E-state index in [1.807, 2.05) is 25.3 Å². The Hall–Kier alpha value is -2.64. The predicted molar refractivity (Wildman–Crippen MR) is 113 cm³/mol. The van der Waals surface area contributed by atoms with Gasteiger partial charge in [-0.05, 0) is 76.5 Å². The van der Waals surface area contributed by atoms with Crippen LogP contribution in [0.2, 0.25) is 0 Å². The predicted octanol–water partition coefficient (Wildman–Crippen LogP) is 2.17. The van der Waals surface area contributed by atoms with Crippen LogP contribution >= 0.6 is 0 Å². The molecule has 7 heteroatoms. The fraction of sp³-hybridized carbons (Fsp3) is 0.455. The number of aryl methyl sites for hydroxylation is 1. The van der Waals surface area contributed by atoms with E-state index in [9.17, 15) is 15.0 Å². The maximum absolute atomic E-state index is 12.6. The molecule has 0 spiro atoms. The lowest BCUT2D eigenvalue weighted by Crippen LogP contribution is -2.52. The fourth-order valence-corrected chi connectivity index (χ4v) is 3.62. The number of hydrogen-bond donors (Lipinski definition) is 4. The summed E-state index contributed by atoms with van der Waals surface area (Å²) in [7, 11) is 0. The Morgan fingerprint density at radius 3 is 2.52 bits per heavy atom. The lowest BCUT2D eigenvalue weighted by atomic mass is 9.79. The van der Waals surface area contributed by atoms with E-state index in [1.165, 1.54) is 0 Å². The van der Waals surface area contributed by atoms with Crippen molar-refractivity contribution in [2.75, 3.05) is 0 Å². The van der Waals surface area contributed by atoms with Gasteiger partial charge in [0.2, 0.25) is 0 Å². The molecule has 5 N–H and O–H groups in total. The number of benzene rings is 1. The molecule has 1 atom stereocenters. The number of aliphatic hydroxyl groups is 2. The molecule has 1 aliphatic rings. The summed E-state index contributed by atoms with van der Waals surface area (Å²) in [4.78, 5) is 12.6. The van der Waals surface area contributed by atoms with Crippen LogP contribution in [0.25, 0.3) is 10.9 Å². The highest BCUT2D eigenvalue weighted by molar-refractivity contribution is 5.92. The highest BCUT2D eigenvalue weighted by Gasteiger charge is 2.41. The summed E-state index contributed by atoms with van der Waals surface area (Å²) in [6, 6.07) is 3.66. The van der Waals surface area contributed by atoms with Gasteiger partial charge in [-0.2, -0.15) is 5.10 Å². The van der Waals surface area contributed by atoms with Crippen LogP contribution in [-0.4, -0.2) is 31.5 Å². The van der Waals surface area contributed by atoms with Gasteiger partial charge in [0.05, 0.1) is 16.7 Å². The van der Waals surface area contributed by atoms with Crippen LogP contribution in [-0.2, 0) is 22.5 Å². The number of aromatic nitrogens is 2. The minimum absolute atomic E-state index is 0.547. The number of nitrogens with one attached hydrogen (secondary N) is 1. The molecule has 2 heterocycles. The SMILES string of the molecule is CC1=CC=CC(C(N)=O)(c2cc3cn(CCC(C)(C)O)nc3cc2C(C)(C)O)N1. The van der Waals surface area contributed by atoms with Gasteiger partial charge in [0, 0.05) is 23.8 Å². The molecule has 0 radical (unpaired) electrons. The second-order valence-electron chi connectivity index (χ2n) is 8.98. The lowest BCUT2D eigenvalue weighted by Gasteiger charge is -2.36. The number of primary amides is 1. The topological polar surface area (TPSA) is 113 Å². The number of carbonyl (C=O) groups excluding carboxylic acids is 1. The summed E-state index contributed by atoms with van der Waals surface area (Å²) in [5.74, 6) is -0.555. The minimum Gasteiger partial charge on any atom is -0.390 e. The van der Waals surface area contributed by atoms with Crippen LogP contribution in [0.15, 0.2) is 42.3 Å². The molecule has 1 unspecified atom stereocenters. The number of dihydropyridines is 1. The van der Waals surface area contributed by atoms with Crippen molar-refractivity contribution in [3.8, 4) is 0 Å². The highest BCUT2D eigenvalue weighted by atomic mass is 16.3. The second kappa shape index (κ2) is 7.00. The summed E-state index contributed by atoms with van der Waals surface area (Å²) in [5, 5.41) is 29.5. The van der Waals surface area contributed by atoms with Crippen molar-refractivity contribution in [2.45, 2.75) is 64.3 Å². The zero-order valence-electron chi connectivity index (χ0n) is 17.7. The van der Waals surface area contributed by atoms with E-state index in [0.29, 0.717) is 29.6 Å². The summed E-state index contributed by atoms with van der Waals surface area (Å²) in [5.41, 5.74) is 5.24. The van der Waals surface area contributed by atoms with Crippen LogP contribution in [0, 0.1) is 0 Å². The van der Waals surface area contributed by atoms with Gasteiger partial charge in [-0.1, -0.05) is 6.08 Å². The number of nitrogens with zero attached hydrogens (tertiary/aromatic N) is 2. The average molecular weight is 399 g/mol. The highest BCUT2D eigenvalue weighted by Crippen LogP contribution is 2.37. The molecular weight excluding hydrogens is 368 g/mol. The molecule has 0 aliphatic carbocycles. The van der Waals surface area contributed by atoms with Crippen LogP contribution in [0.1, 0.15) is 52.2 Å². The molecule has 156 valence electrons. The smallest absolute Gasteiger partial charge is 0.251 e. The summed E-state index contributed by atoms with van der Waals surface area (Å²) in [6.45, 7) is 9.27. The number of allylic oxidation sites excluding steroid dienone is 3. The van der Waals surface area contributed by atoms with Crippen LogP contribution < -0.4 is 11.1 Å². The third kappa shape index (κ3) is 4.21. The zero-order valence-corrected chi connectivity index (χ0v) is 17.7. The molecular formula is C22H30N4O3. The average Bonchev–Trinajstić information content (AvgIpc) is 2.99. The van der Waals surface area contributed by atoms with Gasteiger partial charge in [0.1, 0.15) is 0 Å². The van der Waals surface area contributed by atoms with Gasteiger partial charge in [-0.15, -0.1) is 0 Å². The lowest BCUT2D eigenvalue weighted by molar-refractivity contribution is -0.122. The number of carbonyl (C=O) groups is 1. The van der Waals surface area contributed by atoms with Gasteiger partial charge < -0.3 is 21.3 Å². The molecule has 0 bridgehead atoms. The van der Waals surface area contributed by atoms with E-state index in [2.05, 4.69) is 10.4 Å². The Balaban J connectivity index is 2.18. The van der Waals surface area contributed by atoms with Gasteiger partial charge in [0.25, 0.3) is 5.91 Å². The molecule has 29 heavy (non-hydrogen) atoms. The van der Waals surface area contributed by atoms with Gasteiger partial charge in [-0.25, -0.2) is 0 Å². The fourth-order valence-electron chi connectivity index (χ4n) is 3.62. The van der Waals surface area contributed by atoms with Crippen molar-refractivity contribution < 1.29 is 15.0 Å². The third-order valence-corrected chi connectivity index (χ3v) is 5.20. The molecule has 1 aromatic heterocycles. The Kier molecular flexibility index (Phi) is 5.09. The van der Waals surface area contributed by atoms with Gasteiger partial charge >= 0.3 is 0 Å². The van der Waals surface area contributed by atoms with E-state index in [1.54, 1.807) is 50.6 Å². The van der Waals surface area contributed by atoms with Crippen LogP contribution in [0.3, 0.4) is 0 Å². The van der Waals surface area contributed by atoms with Crippen LogP contribution in [0.5, 0.6) is 0 Å². The van der Waals surface area contributed by atoms with Crippen molar-refractivity contribution in [2.24, 2.45) is 5.73 Å². The van der Waals surface area contributed by atoms with E-state index < -0.39 is 22.6 Å². The molecule has 2 aromatic rings. The Bertz CT molecular complexity index is 1010. The molecule has 0 saturated heterocycles. The monoisotopic (exact) mass is 398 g/mol. The first-order valence-corrected chi connectivity index (χ1v) is 9.73. The van der Waals surface area contributed by atoms with Gasteiger partial charge in [0.15, 0.2) is 5.54 Å². The molecule has 0 fully saturated rings. The summed E-state index contributed by atoms with van der Waals surface area (Å²) >= 11 is 0. The van der Waals surface area contributed by atoms with Crippen molar-refractivity contribution >= 4 is 16.8 Å². The van der Waals surface area contributed by atoms with E-state index in [4.69, 9.17) is 5.73 Å². The molecule has 3 rings (SSSR count). The third-order valence-electron chi connectivity index (χ3n) is 5.20. The van der Waals surface area contributed by atoms with Gasteiger partial charge in [-0.3, -0.25) is 9.48 Å². The first kappa shape index (κ1) is 21.1. The number of nitrogens with two attached hydrogens (primary N) is 1. The first-order chi connectivity index (χ1) is 13.3. The number of amides is 1. The number of rotatable bonds is 6. The maximum Gasteiger partial charge on any atom is 0.251 e. The van der Waals surface area contributed by atoms with Crippen molar-refractivity contribution in [1.82, 2.24) is 15.1 Å². The summed E-state index contributed by atoms with van der Waals surface area (Å²) in [6.07, 6.45) is 7.80. The summed E-state index contributed by atoms with van der Waals surface area (Å²) < 4.78 is 1.77. The van der Waals surface area contributed by atoms with E-state index in [0.717, 1.165) is 11.1 Å². The van der Waals surface area contributed by atoms with Crippen molar-refractivity contribution in [1.29, 1.82) is 0 Å².